The van der Waals surface area contributed by atoms with E-state index in [9.17, 15) is 4.79 Å². The van der Waals surface area contributed by atoms with E-state index in [1.165, 1.54) is 19.1 Å². The van der Waals surface area contributed by atoms with Gasteiger partial charge in [-0.2, -0.15) is 0 Å². The molecule has 0 spiro atoms. The fourth-order valence-corrected chi connectivity index (χ4v) is 4.91. The van der Waals surface area contributed by atoms with Crippen molar-refractivity contribution >= 4 is 37.1 Å². The summed E-state index contributed by atoms with van der Waals surface area (Å²) in [6, 6.07) is 7.43. The highest BCUT2D eigenvalue weighted by Crippen LogP contribution is 2.30. The Kier molecular flexibility index (Phi) is 10.5. The molecule has 0 aliphatic carbocycles. The van der Waals surface area contributed by atoms with Crippen LogP contribution in [0.4, 0.5) is 0 Å². The zero-order valence-electron chi connectivity index (χ0n) is 22.8. The standard InChI is InChI=1S/C23H42NO7Si3/c1-26-19-15-13-18(14-16-19)20(17-24(30-33(7,8)9)31-34(10,11)12)21(22(25)27-2)23(28-3)29-32(4,5)6/h13-17,20H,1-12H3/q+1/b23-21-. The Bertz CT molecular complexity index is 862. The maximum absolute atomic E-state index is 13.1. The third-order valence-corrected chi connectivity index (χ3v) is 6.25. The van der Waals surface area contributed by atoms with Gasteiger partial charge in [0.1, 0.15) is 17.2 Å². The van der Waals surface area contributed by atoms with Crippen LogP contribution >= 0.6 is 0 Å². The Hall–Kier alpha value is -2.25. The van der Waals surface area contributed by atoms with Crippen LogP contribution < -0.4 is 4.74 Å². The van der Waals surface area contributed by atoms with Crippen LogP contribution in [0.25, 0.3) is 0 Å². The monoisotopic (exact) mass is 528 g/mol. The summed E-state index contributed by atoms with van der Waals surface area (Å²) < 4.78 is 34.8. The maximum atomic E-state index is 13.1. The largest absolute Gasteiger partial charge is 0.519 e. The van der Waals surface area contributed by atoms with Crippen molar-refractivity contribution in [3.63, 3.8) is 0 Å². The molecular formula is C23H42NO7Si3+. The summed E-state index contributed by atoms with van der Waals surface area (Å²) in [7, 11) is -1.82. The number of carbonyl (C=O) groups excluding carboxylic acids is 1. The van der Waals surface area contributed by atoms with E-state index in [2.05, 4.69) is 39.3 Å². The van der Waals surface area contributed by atoms with E-state index in [-0.39, 0.29) is 11.5 Å². The van der Waals surface area contributed by atoms with Crippen molar-refractivity contribution in [3.05, 3.63) is 41.3 Å². The zero-order valence-corrected chi connectivity index (χ0v) is 25.8. The van der Waals surface area contributed by atoms with Crippen LogP contribution in [-0.4, -0.2) is 63.4 Å². The molecule has 1 aromatic rings. The van der Waals surface area contributed by atoms with Gasteiger partial charge >= 0.3 is 22.6 Å². The van der Waals surface area contributed by atoms with Crippen LogP contribution in [0.2, 0.25) is 58.9 Å². The van der Waals surface area contributed by atoms with Gasteiger partial charge in [0.25, 0.3) is 12.2 Å². The molecule has 0 amide bonds. The minimum absolute atomic E-state index is 0.129. The number of carbonyl (C=O) groups is 1. The third-order valence-electron chi connectivity index (χ3n) is 3.99. The van der Waals surface area contributed by atoms with Gasteiger partial charge in [0.2, 0.25) is 8.32 Å². The molecule has 34 heavy (non-hydrogen) atoms. The first-order chi connectivity index (χ1) is 15.5. The predicted molar refractivity (Wildman–Crippen MR) is 141 cm³/mol. The first kappa shape index (κ1) is 29.8. The first-order valence-corrected chi connectivity index (χ1v) is 21.4. The number of hydrogen-bond donors (Lipinski definition) is 0. The minimum Gasteiger partial charge on any atom is -0.519 e. The summed E-state index contributed by atoms with van der Waals surface area (Å²) >= 11 is 0. The number of rotatable bonds is 12. The van der Waals surface area contributed by atoms with Crippen molar-refractivity contribution in [2.24, 2.45) is 0 Å². The highest BCUT2D eigenvalue weighted by Gasteiger charge is 2.38. The summed E-state index contributed by atoms with van der Waals surface area (Å²) in [5, 5.41) is 0. The van der Waals surface area contributed by atoms with Crippen LogP contribution in [0.5, 0.6) is 5.75 Å². The maximum Gasteiger partial charge on any atom is 0.343 e. The van der Waals surface area contributed by atoms with Gasteiger partial charge in [-0.25, -0.2) is 4.79 Å². The lowest BCUT2D eigenvalue weighted by atomic mass is 9.92. The normalized spacial score (nSPS) is 13.8. The Morgan fingerprint density at radius 2 is 1.29 bits per heavy atom. The molecule has 0 aliphatic heterocycles. The van der Waals surface area contributed by atoms with Gasteiger partial charge in [-0.05, 0) is 76.6 Å². The summed E-state index contributed by atoms with van der Waals surface area (Å²) in [5.41, 5.74) is 1.01. The second-order valence-electron chi connectivity index (χ2n) is 10.7. The SMILES string of the molecule is COC(=O)/C(=C(/OC)O[Si](C)(C)C)C(C=[N+](O[Si](C)(C)C)O[Si](C)(C)C)c1ccc(OC)cc1. The highest BCUT2D eigenvalue weighted by molar-refractivity contribution is 6.70. The lowest BCUT2D eigenvalue weighted by Gasteiger charge is -2.24. The number of ether oxygens (including phenoxy) is 3. The molecule has 0 heterocycles. The van der Waals surface area contributed by atoms with Gasteiger partial charge in [-0.1, -0.05) is 12.1 Å². The van der Waals surface area contributed by atoms with Gasteiger partial charge in [0.05, 0.1) is 21.3 Å². The van der Waals surface area contributed by atoms with Gasteiger partial charge in [0, 0.05) is 0 Å². The molecule has 192 valence electrons. The van der Waals surface area contributed by atoms with E-state index in [4.69, 9.17) is 27.7 Å². The molecular weight excluding hydrogens is 487 g/mol. The number of hydrogen-bond acceptors (Lipinski definition) is 7. The molecule has 0 aliphatic rings. The Morgan fingerprint density at radius 3 is 1.65 bits per heavy atom. The van der Waals surface area contributed by atoms with E-state index in [1.54, 1.807) is 13.3 Å². The van der Waals surface area contributed by atoms with Gasteiger partial charge in [-0.15, -0.1) is 0 Å². The van der Waals surface area contributed by atoms with Crippen molar-refractivity contribution in [1.29, 1.82) is 0 Å². The van der Waals surface area contributed by atoms with Crippen molar-refractivity contribution in [2.75, 3.05) is 21.3 Å². The Morgan fingerprint density at radius 1 is 0.794 bits per heavy atom. The van der Waals surface area contributed by atoms with Crippen LogP contribution in [-0.2, 0) is 27.7 Å². The molecule has 0 fully saturated rings. The van der Waals surface area contributed by atoms with E-state index in [1.807, 2.05) is 43.9 Å². The second kappa shape index (κ2) is 11.9. The molecule has 1 unspecified atom stereocenters. The molecule has 0 bridgehead atoms. The smallest absolute Gasteiger partial charge is 0.343 e. The topological polar surface area (TPSA) is 75.5 Å². The fourth-order valence-electron chi connectivity index (χ4n) is 2.81. The lowest BCUT2D eigenvalue weighted by Crippen LogP contribution is -2.40. The predicted octanol–water partition coefficient (Wildman–Crippen LogP) is 5.28. The second-order valence-corrected chi connectivity index (χ2v) is 23.9. The quantitative estimate of drug-likeness (QED) is 0.0912. The van der Waals surface area contributed by atoms with E-state index < -0.39 is 36.8 Å². The molecule has 0 N–H and O–H groups in total. The Balaban J connectivity index is 3.91. The number of benzene rings is 1. The average molecular weight is 529 g/mol. The first-order valence-electron chi connectivity index (χ1n) is 11.2. The number of esters is 1. The summed E-state index contributed by atoms with van der Waals surface area (Å²) in [6.45, 7) is 18.4. The highest BCUT2D eigenvalue weighted by atomic mass is 28.4. The third kappa shape index (κ3) is 10.3. The molecule has 1 atom stereocenters. The van der Waals surface area contributed by atoms with E-state index >= 15 is 0 Å². The zero-order chi connectivity index (χ0) is 26.3. The summed E-state index contributed by atoms with van der Waals surface area (Å²) in [6.07, 6.45) is 1.75. The molecule has 0 radical (unpaired) electrons. The fraction of sp³-hybridized carbons (Fsp3) is 0.565. The Labute approximate surface area is 207 Å². The summed E-state index contributed by atoms with van der Waals surface area (Å²) in [4.78, 5) is 14.6. The van der Waals surface area contributed by atoms with Gasteiger partial charge in [0.15, 0.2) is 4.90 Å². The molecule has 0 saturated carbocycles. The molecule has 0 saturated heterocycles. The van der Waals surface area contributed by atoms with Crippen molar-refractivity contribution in [2.45, 2.75) is 64.8 Å². The number of methoxy groups -OCH3 is 3. The van der Waals surface area contributed by atoms with Gasteiger partial charge in [-0.3, -0.25) is 0 Å². The van der Waals surface area contributed by atoms with E-state index in [0.717, 1.165) is 5.56 Å². The minimum atomic E-state index is -2.13. The number of nitrogens with zero attached hydrogens (tertiary/aromatic N) is 1. The molecule has 1 rings (SSSR count). The van der Waals surface area contributed by atoms with Crippen LogP contribution in [0.15, 0.2) is 35.8 Å². The summed E-state index contributed by atoms with van der Waals surface area (Å²) in [5.74, 6) is -0.375. The van der Waals surface area contributed by atoms with Crippen molar-refractivity contribution in [3.8, 4) is 5.75 Å². The average Bonchev–Trinajstić information content (AvgIpc) is 2.68. The van der Waals surface area contributed by atoms with Crippen molar-refractivity contribution in [1.82, 2.24) is 0 Å². The molecule has 1 aromatic carbocycles. The van der Waals surface area contributed by atoms with E-state index in [0.29, 0.717) is 5.75 Å². The van der Waals surface area contributed by atoms with Gasteiger partial charge < -0.3 is 27.7 Å². The molecule has 0 aromatic heterocycles. The lowest BCUT2D eigenvalue weighted by molar-refractivity contribution is -0.919. The molecule has 8 nitrogen and oxygen atoms in total. The van der Waals surface area contributed by atoms with Crippen LogP contribution in [0.3, 0.4) is 0 Å². The van der Waals surface area contributed by atoms with Crippen LogP contribution in [0, 0.1) is 0 Å². The molecule has 11 heteroatoms. The van der Waals surface area contributed by atoms with Crippen LogP contribution in [0.1, 0.15) is 11.5 Å². The van der Waals surface area contributed by atoms with Crippen molar-refractivity contribution < 1.29 is 37.4 Å².